The van der Waals surface area contributed by atoms with Gasteiger partial charge in [0.05, 0.1) is 14.7 Å². The molecule has 0 spiro atoms. The van der Waals surface area contributed by atoms with E-state index in [1.807, 2.05) is 4.90 Å². The summed E-state index contributed by atoms with van der Waals surface area (Å²) in [7, 11) is -6.82. The van der Waals surface area contributed by atoms with Gasteiger partial charge in [0.25, 0.3) is 5.69 Å². The molecule has 286 valence electrons. The van der Waals surface area contributed by atoms with Crippen molar-refractivity contribution in [3.05, 3.63) is 117 Å². The lowest BCUT2D eigenvalue weighted by Gasteiger charge is -2.49. The third-order valence-corrected chi connectivity index (χ3v) is 17.2. The quantitative estimate of drug-likeness (QED) is 0.109. The summed E-state index contributed by atoms with van der Waals surface area (Å²) in [6.45, 7) is 2.43. The van der Waals surface area contributed by atoms with Crippen LogP contribution in [0, 0.1) is 10.1 Å². The lowest BCUT2D eigenvalue weighted by molar-refractivity contribution is -0.384. The number of non-ortho nitro benzene ring substituents is 1. The zero-order valence-electron chi connectivity index (χ0n) is 29.4. The summed E-state index contributed by atoms with van der Waals surface area (Å²) < 4.78 is 152. The van der Waals surface area contributed by atoms with E-state index in [4.69, 9.17) is 0 Å². The molecule has 2 aliphatic carbocycles. The molecule has 0 N–H and O–H groups in total. The van der Waals surface area contributed by atoms with Gasteiger partial charge >= 0.3 is 17.8 Å². The van der Waals surface area contributed by atoms with E-state index >= 15 is 43.2 Å². The molecule has 0 amide bonds. The number of alkyl halides is 6. The molecule has 2 heterocycles. The smallest absolute Gasteiger partial charge is 0.378 e. The van der Waals surface area contributed by atoms with Gasteiger partial charge < -0.3 is 4.90 Å². The van der Waals surface area contributed by atoms with Gasteiger partial charge in [0, 0.05) is 43.1 Å². The second-order valence-electron chi connectivity index (χ2n) is 14.3. The van der Waals surface area contributed by atoms with Crippen molar-refractivity contribution in [2.24, 2.45) is 0 Å². The highest BCUT2D eigenvalue weighted by atomic mass is 32.2. The van der Waals surface area contributed by atoms with Crippen LogP contribution in [0.1, 0.15) is 37.8 Å². The molecule has 8 nitrogen and oxygen atoms in total. The highest BCUT2D eigenvalue weighted by molar-refractivity contribution is 7.98. The minimum absolute atomic E-state index is 0.100. The monoisotopic (exact) mass is 800 g/mol. The Morgan fingerprint density at radius 3 is 1.29 bits per heavy atom. The first-order chi connectivity index (χ1) is 25.6. The number of benzene rings is 4. The summed E-state index contributed by atoms with van der Waals surface area (Å²) in [6.07, 6.45) is -1.55. The molecule has 16 heteroatoms. The number of fused-ring (bicyclic) bond motifs is 8. The Balaban J connectivity index is 1.49. The van der Waals surface area contributed by atoms with E-state index in [-0.39, 0.29) is 22.4 Å². The van der Waals surface area contributed by atoms with Gasteiger partial charge in [0.15, 0.2) is 19.7 Å². The Morgan fingerprint density at radius 1 is 0.582 bits per heavy atom. The molecule has 0 saturated heterocycles. The number of allylic oxidation sites excluding steroid dienone is 2. The van der Waals surface area contributed by atoms with Gasteiger partial charge in [-0.2, -0.15) is 26.3 Å². The molecular weight excluding hydrogens is 771 g/mol. The summed E-state index contributed by atoms with van der Waals surface area (Å²) in [6, 6.07) is 18.6. The van der Waals surface area contributed by atoms with Crippen LogP contribution < -0.4 is 4.90 Å². The van der Waals surface area contributed by atoms with Gasteiger partial charge in [-0.05, 0) is 93.8 Å². The summed E-state index contributed by atoms with van der Waals surface area (Å²) >= 11 is 0. The normalized spacial score (nSPS) is 25.5. The van der Waals surface area contributed by atoms with Crippen LogP contribution in [0.4, 0.5) is 37.7 Å². The molecule has 0 radical (unpaired) electrons. The average Bonchev–Trinajstić information content (AvgIpc) is 3.52. The fraction of sp³-hybridized carbons (Fsp3) is 0.282. The fourth-order valence-electron chi connectivity index (χ4n) is 9.27. The number of sulfone groups is 2. The predicted octanol–water partition coefficient (Wildman–Crippen LogP) is 9.01. The molecule has 4 aromatic carbocycles. The second-order valence-corrected chi connectivity index (χ2v) is 18.5. The zero-order chi connectivity index (χ0) is 40.1. The maximum absolute atomic E-state index is 16.4. The van der Waals surface area contributed by atoms with Crippen LogP contribution in [-0.4, -0.2) is 63.1 Å². The SMILES string of the molecule is CCC12C(=C3C(=C4c5ccc(-c6ccc([N+](=O)[O-])cc6)cc5S(=O)(=O)C41CC)C(F)(F)C(F)(F)C3(F)F)c1ccc(-c3ccc(N(C)C)cc3)cc1S2(=O)=O. The van der Waals surface area contributed by atoms with Crippen LogP contribution in [0.15, 0.2) is 106 Å². The Morgan fingerprint density at radius 2 is 0.945 bits per heavy atom. The van der Waals surface area contributed by atoms with Crippen molar-refractivity contribution in [2.45, 2.75) is 63.7 Å². The summed E-state index contributed by atoms with van der Waals surface area (Å²) in [4.78, 5) is 11.0. The molecule has 1 saturated carbocycles. The van der Waals surface area contributed by atoms with Crippen LogP contribution in [0.2, 0.25) is 0 Å². The Labute approximate surface area is 311 Å². The highest BCUT2D eigenvalue weighted by Crippen LogP contribution is 2.77. The van der Waals surface area contributed by atoms with E-state index in [1.165, 1.54) is 38.1 Å². The number of nitro benzene ring substituents is 1. The van der Waals surface area contributed by atoms with E-state index in [2.05, 4.69) is 0 Å². The molecule has 8 rings (SSSR count). The summed E-state index contributed by atoms with van der Waals surface area (Å²) in [5, 5.41) is 11.2. The molecular formula is C39H30F6N2O6S2. The standard InChI is InChI=1S/C39H30F6N2O6S2/c1-5-35-31(27-17-11-23(19-29(27)54(35,50)51)21-7-13-25(14-8-21)46(3)4)33-34(38(42,43)39(44,45)37(33,40)41)32-28-18-12-24(22-9-15-26(16-10-22)47(48)49)20-30(28)55(52,53)36(32,35)6-2/h7-20H,5-6H2,1-4H3. The lowest BCUT2D eigenvalue weighted by Crippen LogP contribution is -2.62. The third kappa shape index (κ3) is 4.03. The van der Waals surface area contributed by atoms with Gasteiger partial charge in [-0.3, -0.25) is 10.1 Å². The highest BCUT2D eigenvalue weighted by Gasteiger charge is 2.88. The maximum atomic E-state index is 16.4. The van der Waals surface area contributed by atoms with Crippen molar-refractivity contribution in [1.82, 2.24) is 0 Å². The summed E-state index contributed by atoms with van der Waals surface area (Å²) in [5.74, 6) is -17.4. The molecule has 4 aliphatic rings. The Hall–Kier alpha value is -4.96. The van der Waals surface area contributed by atoms with Gasteiger partial charge in [-0.15, -0.1) is 0 Å². The van der Waals surface area contributed by atoms with Crippen molar-refractivity contribution in [2.75, 3.05) is 19.0 Å². The number of nitro groups is 1. The number of rotatable bonds is 6. The molecule has 2 unspecified atom stereocenters. The van der Waals surface area contributed by atoms with E-state index in [0.29, 0.717) is 5.56 Å². The number of halogens is 6. The van der Waals surface area contributed by atoms with E-state index in [0.717, 1.165) is 42.1 Å². The average molecular weight is 801 g/mol. The zero-order valence-corrected chi connectivity index (χ0v) is 31.1. The van der Waals surface area contributed by atoms with Crippen LogP contribution in [0.25, 0.3) is 33.4 Å². The van der Waals surface area contributed by atoms with Crippen molar-refractivity contribution in [1.29, 1.82) is 0 Å². The van der Waals surface area contributed by atoms with E-state index in [1.54, 1.807) is 38.4 Å². The molecule has 2 aliphatic heterocycles. The number of hydrogen-bond acceptors (Lipinski definition) is 7. The molecule has 0 aromatic heterocycles. The molecule has 0 bridgehead atoms. The predicted molar refractivity (Wildman–Crippen MR) is 194 cm³/mol. The minimum Gasteiger partial charge on any atom is -0.378 e. The van der Waals surface area contributed by atoms with Crippen molar-refractivity contribution in [3.63, 3.8) is 0 Å². The van der Waals surface area contributed by atoms with Crippen LogP contribution >= 0.6 is 0 Å². The molecule has 4 aromatic rings. The Bertz CT molecular complexity index is 2690. The van der Waals surface area contributed by atoms with E-state index < -0.39 is 108 Å². The van der Waals surface area contributed by atoms with Crippen molar-refractivity contribution >= 4 is 42.2 Å². The molecule has 55 heavy (non-hydrogen) atoms. The first-order valence-electron chi connectivity index (χ1n) is 17.1. The Kier molecular flexibility index (Phi) is 7.46. The first kappa shape index (κ1) is 37.0. The lowest BCUT2D eigenvalue weighted by atomic mass is 9.65. The van der Waals surface area contributed by atoms with Crippen molar-refractivity contribution < 1.29 is 48.1 Å². The van der Waals surface area contributed by atoms with Crippen LogP contribution in [-0.2, 0) is 19.7 Å². The van der Waals surface area contributed by atoms with Gasteiger partial charge in [0.2, 0.25) is 0 Å². The van der Waals surface area contributed by atoms with Gasteiger partial charge in [-0.1, -0.05) is 50.2 Å². The minimum atomic E-state index is -6.08. The van der Waals surface area contributed by atoms with Gasteiger partial charge in [-0.25, -0.2) is 16.8 Å². The van der Waals surface area contributed by atoms with E-state index in [9.17, 15) is 10.1 Å². The maximum Gasteiger partial charge on any atom is 0.380 e. The van der Waals surface area contributed by atoms with Crippen molar-refractivity contribution in [3.8, 4) is 22.3 Å². The molecule has 1 fully saturated rings. The largest absolute Gasteiger partial charge is 0.380 e. The van der Waals surface area contributed by atoms with Crippen LogP contribution in [0.5, 0.6) is 0 Å². The van der Waals surface area contributed by atoms with Gasteiger partial charge in [0.1, 0.15) is 9.49 Å². The number of hydrogen-bond donors (Lipinski definition) is 0. The second kappa shape index (κ2) is 11.1. The third-order valence-electron chi connectivity index (χ3n) is 11.7. The first-order valence-corrected chi connectivity index (χ1v) is 20.0. The van der Waals surface area contributed by atoms with Crippen LogP contribution in [0.3, 0.4) is 0 Å². The molecule has 2 atom stereocenters. The number of nitrogens with zero attached hydrogens (tertiary/aromatic N) is 2. The fourth-order valence-corrected chi connectivity index (χ4v) is 15.2. The number of anilines is 1. The topological polar surface area (TPSA) is 115 Å². The summed E-state index contributed by atoms with van der Waals surface area (Å²) in [5.41, 5.74) is -5.54.